The van der Waals surface area contributed by atoms with Gasteiger partial charge in [0, 0.05) is 17.0 Å². The van der Waals surface area contributed by atoms with Crippen molar-refractivity contribution in [2.24, 2.45) is 23.7 Å². The molecule has 4 aromatic rings. The number of carbonyl (C=O) groups is 5. The summed E-state index contributed by atoms with van der Waals surface area (Å²) in [5, 5.41) is 32.0. The van der Waals surface area contributed by atoms with E-state index in [0.29, 0.717) is 27.5 Å². The number of amides is 4. The van der Waals surface area contributed by atoms with E-state index in [1.807, 2.05) is 6.08 Å². The second-order valence-corrected chi connectivity index (χ2v) is 15.0. The summed E-state index contributed by atoms with van der Waals surface area (Å²) in [6.07, 6.45) is 1.95. The number of hydrogen-bond acceptors (Lipinski definition) is 10. The minimum atomic E-state index is -1.64. The van der Waals surface area contributed by atoms with Gasteiger partial charge < -0.3 is 24.8 Å². The van der Waals surface area contributed by atoms with Crippen LogP contribution >= 0.6 is 23.2 Å². The quantitative estimate of drug-likeness (QED) is 0.116. The number of allylic oxidation sites excluding steroid dienone is 2. The van der Waals surface area contributed by atoms with E-state index in [4.69, 9.17) is 32.7 Å². The number of anilines is 2. The average Bonchev–Trinajstić information content (AvgIpc) is 3.56. The fourth-order valence-corrected chi connectivity index (χ4v) is 9.64. The van der Waals surface area contributed by atoms with Crippen molar-refractivity contribution in [3.8, 4) is 23.0 Å². The maximum atomic E-state index is 15.4. The van der Waals surface area contributed by atoms with Crippen LogP contribution in [0.5, 0.6) is 23.0 Å². The van der Waals surface area contributed by atoms with Gasteiger partial charge in [-0.1, -0.05) is 53.1 Å². The van der Waals surface area contributed by atoms with E-state index in [1.165, 1.54) is 32.4 Å². The first-order valence-corrected chi connectivity index (χ1v) is 18.3. The molecule has 4 aliphatic rings. The van der Waals surface area contributed by atoms with Gasteiger partial charge in [-0.2, -0.15) is 5.01 Å². The van der Waals surface area contributed by atoms with Gasteiger partial charge in [-0.25, -0.2) is 9.69 Å². The molecule has 4 N–H and O–H groups in total. The molecule has 8 rings (SSSR count). The fourth-order valence-electron chi connectivity index (χ4n) is 9.19. The summed E-state index contributed by atoms with van der Waals surface area (Å²) in [7, 11) is 2.89. The van der Waals surface area contributed by atoms with Crippen LogP contribution in [0.2, 0.25) is 10.0 Å². The van der Waals surface area contributed by atoms with E-state index >= 15 is 4.79 Å². The minimum absolute atomic E-state index is 0.00370. The third-order valence-corrected chi connectivity index (χ3v) is 12.1. The second kappa shape index (κ2) is 13.6. The Kier molecular flexibility index (Phi) is 8.97. The summed E-state index contributed by atoms with van der Waals surface area (Å²) < 4.78 is 11.0. The topological polar surface area (TPSA) is 183 Å². The lowest BCUT2D eigenvalue weighted by Gasteiger charge is -2.50. The van der Waals surface area contributed by atoms with Crippen molar-refractivity contribution in [1.82, 2.24) is 5.01 Å². The summed E-state index contributed by atoms with van der Waals surface area (Å²) in [6.45, 7) is 0. The highest BCUT2D eigenvalue weighted by molar-refractivity contribution is 6.36. The van der Waals surface area contributed by atoms with E-state index in [1.54, 1.807) is 48.5 Å². The molecule has 2 aliphatic heterocycles. The number of nitrogens with zero attached hydrogens (tertiary/aromatic N) is 2. The number of aromatic carboxylic acids is 1. The molecule has 6 unspecified atom stereocenters. The molecule has 3 fully saturated rings. The number of benzene rings is 4. The Balaban J connectivity index is 1.32. The van der Waals surface area contributed by atoms with Crippen LogP contribution in [0.25, 0.3) is 0 Å². The van der Waals surface area contributed by atoms with E-state index in [0.717, 1.165) is 22.0 Å². The van der Waals surface area contributed by atoms with Crippen LogP contribution in [0, 0.1) is 23.7 Å². The van der Waals surface area contributed by atoms with Crippen LogP contribution in [0.1, 0.15) is 40.2 Å². The third-order valence-electron chi connectivity index (χ3n) is 11.6. The van der Waals surface area contributed by atoms with Crippen molar-refractivity contribution in [2.75, 3.05) is 24.5 Å². The maximum Gasteiger partial charge on any atom is 0.339 e. The molecule has 2 aliphatic carbocycles. The SMILES string of the molecule is COc1ccc(C23C(=O)N(Nc4ccc(Cl)cc4Cl)C(=O)C2CC2C(=CCC4C(=O)N(c5ccc(C(=O)O)c(O)c5)C(=O)C42)C3c2ccc(O)c(OC)c2)cc1. The number of carboxylic acids is 1. The van der Waals surface area contributed by atoms with E-state index in [9.17, 15) is 34.5 Å². The summed E-state index contributed by atoms with van der Waals surface area (Å²) in [5.41, 5.74) is 2.78. The van der Waals surface area contributed by atoms with Crippen LogP contribution in [0.3, 0.4) is 0 Å². The normalized spacial score (nSPS) is 25.4. The molecule has 0 aromatic heterocycles. The van der Waals surface area contributed by atoms with Gasteiger partial charge in [-0.05, 0) is 84.5 Å². The molecule has 0 spiro atoms. The Labute approximate surface area is 329 Å². The zero-order valence-electron chi connectivity index (χ0n) is 29.7. The van der Waals surface area contributed by atoms with Crippen LogP contribution in [0.4, 0.5) is 11.4 Å². The lowest BCUT2D eigenvalue weighted by atomic mass is 9.49. The number of phenols is 2. The molecular weight excluding hydrogens is 765 g/mol. The number of halogens is 2. The Morgan fingerprint density at radius 1 is 0.839 bits per heavy atom. The van der Waals surface area contributed by atoms with Gasteiger partial charge >= 0.3 is 5.97 Å². The highest BCUT2D eigenvalue weighted by Gasteiger charge is 2.70. The molecule has 15 heteroatoms. The molecule has 2 heterocycles. The standard InChI is InChI=1S/C41H33Cl2N3O10/c1-55-23-8-4-20(5-9-23)41-28(37(50)46(40(41)54)44-30-13-6-21(42)16-29(30)43)18-27-24(35(41)19-3-14-31(47)33(15-19)56-2)11-12-26-34(27)38(51)45(36(26)49)22-7-10-25(39(52)53)32(48)17-22/h3-11,13-17,26-28,34-35,44,47-48H,12,18H2,1-2H3,(H,52,53). The summed E-state index contributed by atoms with van der Waals surface area (Å²) >= 11 is 12.7. The molecule has 1 saturated carbocycles. The molecule has 4 amide bonds. The van der Waals surface area contributed by atoms with E-state index < -0.39 is 75.9 Å². The van der Waals surface area contributed by atoms with Gasteiger partial charge in [0.1, 0.15) is 17.1 Å². The van der Waals surface area contributed by atoms with Gasteiger partial charge in [0.25, 0.3) is 11.8 Å². The first-order chi connectivity index (χ1) is 26.8. The Bertz CT molecular complexity index is 2400. The number of rotatable bonds is 8. The fraction of sp³-hybridized carbons (Fsp3) is 0.244. The van der Waals surface area contributed by atoms with Gasteiger partial charge in [0.05, 0.1) is 53.8 Å². The van der Waals surface area contributed by atoms with Gasteiger partial charge in [0.2, 0.25) is 11.8 Å². The zero-order valence-corrected chi connectivity index (χ0v) is 31.2. The lowest BCUT2D eigenvalue weighted by molar-refractivity contribution is -0.138. The Morgan fingerprint density at radius 2 is 1.59 bits per heavy atom. The molecular formula is C41H33Cl2N3O10. The highest BCUT2D eigenvalue weighted by atomic mass is 35.5. The average molecular weight is 799 g/mol. The molecule has 0 radical (unpaired) electrons. The van der Waals surface area contributed by atoms with Crippen LogP contribution < -0.4 is 19.8 Å². The van der Waals surface area contributed by atoms with Gasteiger partial charge in [-0.3, -0.25) is 24.6 Å². The zero-order chi connectivity index (χ0) is 39.8. The number of imide groups is 2. The number of phenolic OH excluding ortho intramolecular Hbond substituents is 1. The molecule has 6 atom stereocenters. The Morgan fingerprint density at radius 3 is 2.25 bits per heavy atom. The number of nitrogens with one attached hydrogen (secondary N) is 1. The van der Waals surface area contributed by atoms with Crippen molar-refractivity contribution < 1.29 is 48.8 Å². The number of fused-ring (bicyclic) bond motifs is 4. The van der Waals surface area contributed by atoms with Crippen molar-refractivity contribution in [3.63, 3.8) is 0 Å². The number of carbonyl (C=O) groups excluding carboxylic acids is 4. The largest absolute Gasteiger partial charge is 0.507 e. The minimum Gasteiger partial charge on any atom is -0.507 e. The maximum absolute atomic E-state index is 15.4. The monoisotopic (exact) mass is 797 g/mol. The van der Waals surface area contributed by atoms with Gasteiger partial charge in [0.15, 0.2) is 11.5 Å². The highest BCUT2D eigenvalue weighted by Crippen LogP contribution is 2.64. The smallest absolute Gasteiger partial charge is 0.339 e. The number of carboxylic acid groups (broad SMARTS) is 1. The number of ether oxygens (including phenoxy) is 2. The molecule has 4 aromatic carbocycles. The first-order valence-electron chi connectivity index (χ1n) is 17.6. The summed E-state index contributed by atoms with van der Waals surface area (Å²) in [4.78, 5) is 71.6. The molecule has 56 heavy (non-hydrogen) atoms. The number of aromatic hydroxyl groups is 2. The molecule has 2 saturated heterocycles. The Hall–Kier alpha value is -6.05. The van der Waals surface area contributed by atoms with E-state index in [-0.39, 0.29) is 40.7 Å². The number of methoxy groups -OCH3 is 2. The van der Waals surface area contributed by atoms with Crippen molar-refractivity contribution >= 4 is 64.2 Å². The predicted octanol–water partition coefficient (Wildman–Crippen LogP) is 6.31. The molecule has 13 nitrogen and oxygen atoms in total. The number of hydrogen-bond donors (Lipinski definition) is 4. The van der Waals surface area contributed by atoms with Crippen molar-refractivity contribution in [2.45, 2.75) is 24.2 Å². The van der Waals surface area contributed by atoms with Crippen LogP contribution in [-0.4, -0.2) is 64.1 Å². The lowest BCUT2D eigenvalue weighted by Crippen LogP contribution is -2.53. The number of hydrazine groups is 1. The van der Waals surface area contributed by atoms with Gasteiger partial charge in [-0.15, -0.1) is 0 Å². The molecule has 0 bridgehead atoms. The predicted molar refractivity (Wildman–Crippen MR) is 203 cm³/mol. The van der Waals surface area contributed by atoms with Crippen LogP contribution in [-0.2, 0) is 24.6 Å². The van der Waals surface area contributed by atoms with Crippen molar-refractivity contribution in [3.05, 3.63) is 117 Å². The third kappa shape index (κ3) is 5.40. The summed E-state index contributed by atoms with van der Waals surface area (Å²) in [5.74, 6) is -8.47. The van der Waals surface area contributed by atoms with Crippen LogP contribution in [0.15, 0.2) is 90.5 Å². The first kappa shape index (κ1) is 36.9. The molecule has 286 valence electrons. The van der Waals surface area contributed by atoms with E-state index in [2.05, 4.69) is 5.43 Å². The van der Waals surface area contributed by atoms with Crippen molar-refractivity contribution in [1.29, 1.82) is 0 Å². The summed E-state index contributed by atoms with van der Waals surface area (Å²) in [6, 6.07) is 19.6. The second-order valence-electron chi connectivity index (χ2n) is 14.2.